The van der Waals surface area contributed by atoms with Gasteiger partial charge in [-0.1, -0.05) is 18.2 Å². The molecule has 2 aliphatic rings. The van der Waals surface area contributed by atoms with Gasteiger partial charge < -0.3 is 24.4 Å². The van der Waals surface area contributed by atoms with Gasteiger partial charge in [-0.2, -0.15) is 0 Å². The van der Waals surface area contributed by atoms with Gasteiger partial charge in [0, 0.05) is 45.2 Å². The minimum absolute atomic E-state index is 0.00297. The van der Waals surface area contributed by atoms with Crippen molar-refractivity contribution in [3.8, 4) is 17.2 Å². The molecule has 8 heteroatoms. The predicted molar refractivity (Wildman–Crippen MR) is 137 cm³/mol. The third kappa shape index (κ3) is 6.49. The molecular weight excluding hydrogens is 458 g/mol. The molecule has 2 aromatic carbocycles. The molecule has 0 aromatic heterocycles. The number of hydrogen-bond acceptors (Lipinski definition) is 6. The van der Waals surface area contributed by atoms with Gasteiger partial charge >= 0.3 is 0 Å². The van der Waals surface area contributed by atoms with Crippen LogP contribution < -0.4 is 19.5 Å². The smallest absolute Gasteiger partial charge is 0.225 e. The number of carbonyl (C=O) groups excluding carboxylic acids is 2. The number of hydrogen-bond donors (Lipinski definition) is 1. The van der Waals surface area contributed by atoms with Gasteiger partial charge in [-0.05, 0) is 54.7 Å². The van der Waals surface area contributed by atoms with E-state index in [2.05, 4.69) is 22.3 Å². The summed E-state index contributed by atoms with van der Waals surface area (Å²) in [5, 5.41) is 3.21. The molecule has 2 fully saturated rings. The molecule has 194 valence electrons. The van der Waals surface area contributed by atoms with Crippen molar-refractivity contribution in [3.05, 3.63) is 53.6 Å². The standard InChI is InChI=1S/C28H37N3O5/c1-34-24-6-4-5-21(15-24)18-30-12-10-23(11-13-30)29-28(33)22-17-27(32)31(19-22)14-9-20-7-8-25(35-2)26(16-20)36-3/h4-8,15-16,22-23H,9-14,17-19H2,1-3H3,(H,29,33). The highest BCUT2D eigenvalue weighted by atomic mass is 16.5. The maximum Gasteiger partial charge on any atom is 0.225 e. The van der Waals surface area contributed by atoms with E-state index in [1.54, 1.807) is 26.2 Å². The Kier molecular flexibility index (Phi) is 8.70. The van der Waals surface area contributed by atoms with Crippen molar-refractivity contribution >= 4 is 11.8 Å². The molecule has 1 atom stereocenters. The van der Waals surface area contributed by atoms with E-state index in [9.17, 15) is 9.59 Å². The molecule has 0 bridgehead atoms. The summed E-state index contributed by atoms with van der Waals surface area (Å²) in [6.07, 6.45) is 2.82. The second-order valence-electron chi connectivity index (χ2n) is 9.59. The molecule has 2 saturated heterocycles. The van der Waals surface area contributed by atoms with Crippen molar-refractivity contribution in [1.82, 2.24) is 15.1 Å². The highest BCUT2D eigenvalue weighted by Crippen LogP contribution is 2.28. The minimum atomic E-state index is -0.280. The van der Waals surface area contributed by atoms with E-state index in [1.165, 1.54) is 5.56 Å². The number of rotatable bonds is 10. The van der Waals surface area contributed by atoms with Crippen LogP contribution in [0.15, 0.2) is 42.5 Å². The summed E-state index contributed by atoms with van der Waals surface area (Å²) in [7, 11) is 4.90. The molecule has 1 N–H and O–H groups in total. The highest BCUT2D eigenvalue weighted by Gasteiger charge is 2.35. The highest BCUT2D eigenvalue weighted by molar-refractivity contribution is 5.89. The first-order valence-corrected chi connectivity index (χ1v) is 12.6. The van der Waals surface area contributed by atoms with E-state index in [4.69, 9.17) is 14.2 Å². The lowest BCUT2D eigenvalue weighted by Crippen LogP contribution is -2.46. The molecule has 0 radical (unpaired) electrons. The summed E-state index contributed by atoms with van der Waals surface area (Å²) in [5.41, 5.74) is 2.29. The van der Waals surface area contributed by atoms with Crippen molar-refractivity contribution in [1.29, 1.82) is 0 Å². The van der Waals surface area contributed by atoms with Gasteiger partial charge in [0.05, 0.1) is 27.2 Å². The second kappa shape index (κ2) is 12.1. The average Bonchev–Trinajstić information content (AvgIpc) is 3.29. The molecule has 4 rings (SSSR count). The van der Waals surface area contributed by atoms with Gasteiger partial charge in [-0.25, -0.2) is 0 Å². The van der Waals surface area contributed by atoms with Crippen LogP contribution in [0.3, 0.4) is 0 Å². The lowest BCUT2D eigenvalue weighted by molar-refractivity contribution is -0.129. The first-order chi connectivity index (χ1) is 17.5. The summed E-state index contributed by atoms with van der Waals surface area (Å²) in [5.74, 6) is 2.00. The summed E-state index contributed by atoms with van der Waals surface area (Å²) in [6, 6.07) is 14.1. The lowest BCUT2D eigenvalue weighted by Gasteiger charge is -2.33. The van der Waals surface area contributed by atoms with Gasteiger partial charge in [0.15, 0.2) is 11.5 Å². The van der Waals surface area contributed by atoms with Crippen LogP contribution in [-0.2, 0) is 22.6 Å². The number of nitrogens with zero attached hydrogens (tertiary/aromatic N) is 2. The zero-order chi connectivity index (χ0) is 25.5. The molecular formula is C28H37N3O5. The third-order valence-electron chi connectivity index (χ3n) is 7.18. The summed E-state index contributed by atoms with van der Waals surface area (Å²) < 4.78 is 16.0. The number of nitrogens with one attached hydrogen (secondary N) is 1. The number of carbonyl (C=O) groups is 2. The quantitative estimate of drug-likeness (QED) is 0.546. The zero-order valence-electron chi connectivity index (χ0n) is 21.5. The number of benzene rings is 2. The monoisotopic (exact) mass is 495 g/mol. The normalized spacial score (nSPS) is 18.8. The Morgan fingerprint density at radius 3 is 2.47 bits per heavy atom. The largest absolute Gasteiger partial charge is 0.497 e. The van der Waals surface area contributed by atoms with Crippen molar-refractivity contribution < 1.29 is 23.8 Å². The first-order valence-electron chi connectivity index (χ1n) is 12.6. The summed E-state index contributed by atoms with van der Waals surface area (Å²) in [4.78, 5) is 29.7. The number of amides is 2. The second-order valence-corrected chi connectivity index (χ2v) is 9.59. The van der Waals surface area contributed by atoms with Crippen LogP contribution in [0.2, 0.25) is 0 Å². The molecule has 0 spiro atoms. The van der Waals surface area contributed by atoms with Crippen LogP contribution in [0.4, 0.5) is 0 Å². The molecule has 36 heavy (non-hydrogen) atoms. The Bertz CT molecular complexity index is 1050. The Morgan fingerprint density at radius 2 is 1.75 bits per heavy atom. The van der Waals surface area contributed by atoms with Crippen LogP contribution in [0, 0.1) is 5.92 Å². The maximum atomic E-state index is 12.9. The van der Waals surface area contributed by atoms with Crippen LogP contribution in [-0.4, -0.2) is 75.2 Å². The first kappa shape index (κ1) is 25.8. The van der Waals surface area contributed by atoms with Crippen molar-refractivity contribution in [3.63, 3.8) is 0 Å². The maximum absolute atomic E-state index is 12.9. The lowest BCUT2D eigenvalue weighted by atomic mass is 10.0. The fourth-order valence-electron chi connectivity index (χ4n) is 5.05. The Morgan fingerprint density at radius 1 is 0.972 bits per heavy atom. The van der Waals surface area contributed by atoms with E-state index in [0.717, 1.165) is 43.8 Å². The number of piperidine rings is 1. The predicted octanol–water partition coefficient (Wildman–Crippen LogP) is 2.88. The van der Waals surface area contributed by atoms with Gasteiger partial charge in [0.25, 0.3) is 0 Å². The van der Waals surface area contributed by atoms with E-state index >= 15 is 0 Å². The van der Waals surface area contributed by atoms with Crippen molar-refractivity contribution in [2.45, 2.75) is 38.3 Å². The van der Waals surface area contributed by atoms with Crippen LogP contribution in [0.5, 0.6) is 17.2 Å². The van der Waals surface area contributed by atoms with Crippen molar-refractivity contribution in [2.75, 3.05) is 47.5 Å². The molecule has 2 heterocycles. The van der Waals surface area contributed by atoms with Crippen molar-refractivity contribution in [2.24, 2.45) is 5.92 Å². The van der Waals surface area contributed by atoms with Crippen LogP contribution >= 0.6 is 0 Å². The zero-order valence-corrected chi connectivity index (χ0v) is 21.5. The van der Waals surface area contributed by atoms with Gasteiger partial charge in [-0.15, -0.1) is 0 Å². The summed E-state index contributed by atoms with van der Waals surface area (Å²) >= 11 is 0. The molecule has 0 saturated carbocycles. The fourth-order valence-corrected chi connectivity index (χ4v) is 5.05. The van der Waals surface area contributed by atoms with Crippen LogP contribution in [0.1, 0.15) is 30.4 Å². The van der Waals surface area contributed by atoms with E-state index < -0.39 is 0 Å². The van der Waals surface area contributed by atoms with E-state index in [1.807, 2.05) is 30.3 Å². The Balaban J connectivity index is 1.21. The number of methoxy groups -OCH3 is 3. The molecule has 2 aliphatic heterocycles. The van der Waals surface area contributed by atoms with Gasteiger partial charge in [0.1, 0.15) is 5.75 Å². The molecule has 1 unspecified atom stereocenters. The van der Waals surface area contributed by atoms with Crippen LogP contribution in [0.25, 0.3) is 0 Å². The Hall–Kier alpha value is -3.26. The fraction of sp³-hybridized carbons (Fsp3) is 0.500. The molecule has 2 aromatic rings. The number of likely N-dealkylation sites (tertiary alicyclic amines) is 2. The Labute approximate surface area is 213 Å². The molecule has 2 amide bonds. The van der Waals surface area contributed by atoms with E-state index in [0.29, 0.717) is 31.0 Å². The van der Waals surface area contributed by atoms with Gasteiger partial charge in [0.2, 0.25) is 11.8 Å². The number of ether oxygens (including phenoxy) is 3. The topological polar surface area (TPSA) is 80.3 Å². The third-order valence-corrected chi connectivity index (χ3v) is 7.18. The average molecular weight is 496 g/mol. The minimum Gasteiger partial charge on any atom is -0.497 e. The summed E-state index contributed by atoms with van der Waals surface area (Å²) in [6.45, 7) is 3.81. The SMILES string of the molecule is COc1cccc(CN2CCC(NC(=O)C3CC(=O)N(CCc4ccc(OC)c(OC)c4)C3)CC2)c1. The van der Waals surface area contributed by atoms with Gasteiger partial charge in [-0.3, -0.25) is 14.5 Å². The molecule has 0 aliphatic carbocycles. The molecule has 8 nitrogen and oxygen atoms in total. The van der Waals surface area contributed by atoms with E-state index in [-0.39, 0.29) is 30.2 Å².